The van der Waals surface area contributed by atoms with E-state index in [1.165, 1.54) is 12.1 Å². The van der Waals surface area contributed by atoms with Gasteiger partial charge < -0.3 is 5.11 Å². The molecule has 0 radical (unpaired) electrons. The number of carboxylic acid groups (broad SMARTS) is 1. The number of nitro groups is 1. The number of nitro benzene ring substituents is 1. The summed E-state index contributed by atoms with van der Waals surface area (Å²) in [5.74, 6) is -0.894. The van der Waals surface area contributed by atoms with Crippen molar-refractivity contribution in [2.24, 2.45) is 0 Å². The SMILES string of the molecule is O=C(O)CCCC=CCC1=C(NS(=O)(=O)CCc2ccc([N+](=O)[O-])cc2)CCC1. The third-order valence-electron chi connectivity index (χ3n) is 4.71. The van der Waals surface area contributed by atoms with Gasteiger partial charge in [-0.25, -0.2) is 8.42 Å². The lowest BCUT2D eigenvalue weighted by Gasteiger charge is -2.11. The predicted molar refractivity (Wildman–Crippen MR) is 110 cm³/mol. The van der Waals surface area contributed by atoms with Gasteiger partial charge in [-0.3, -0.25) is 19.6 Å². The van der Waals surface area contributed by atoms with Crippen molar-refractivity contribution in [1.29, 1.82) is 0 Å². The smallest absolute Gasteiger partial charge is 0.303 e. The molecule has 8 nitrogen and oxygen atoms in total. The van der Waals surface area contributed by atoms with Crippen molar-refractivity contribution in [1.82, 2.24) is 4.72 Å². The summed E-state index contributed by atoms with van der Waals surface area (Å²) in [4.78, 5) is 20.7. The first-order valence-electron chi connectivity index (χ1n) is 9.58. The molecule has 2 rings (SSSR count). The number of nitrogens with zero attached hydrogens (tertiary/aromatic N) is 1. The van der Waals surface area contributed by atoms with Crippen LogP contribution in [0, 0.1) is 10.1 Å². The topological polar surface area (TPSA) is 127 Å². The number of sulfonamides is 1. The highest BCUT2D eigenvalue weighted by molar-refractivity contribution is 7.89. The minimum atomic E-state index is -3.50. The van der Waals surface area contributed by atoms with Crippen molar-refractivity contribution >= 4 is 21.7 Å². The van der Waals surface area contributed by atoms with Gasteiger partial charge in [0.25, 0.3) is 5.69 Å². The van der Waals surface area contributed by atoms with E-state index in [4.69, 9.17) is 5.11 Å². The quantitative estimate of drug-likeness (QED) is 0.229. The molecule has 0 unspecified atom stereocenters. The number of allylic oxidation sites excluding steroid dienone is 4. The number of benzene rings is 1. The molecule has 1 aliphatic carbocycles. The van der Waals surface area contributed by atoms with Crippen LogP contribution in [-0.2, 0) is 21.2 Å². The van der Waals surface area contributed by atoms with Crippen LogP contribution >= 0.6 is 0 Å². The van der Waals surface area contributed by atoms with E-state index in [9.17, 15) is 23.3 Å². The third-order valence-corrected chi connectivity index (χ3v) is 6.01. The van der Waals surface area contributed by atoms with Gasteiger partial charge in [-0.05, 0) is 56.1 Å². The van der Waals surface area contributed by atoms with Crippen molar-refractivity contribution in [2.45, 2.75) is 51.4 Å². The van der Waals surface area contributed by atoms with E-state index in [1.54, 1.807) is 12.1 Å². The van der Waals surface area contributed by atoms with Crippen LogP contribution < -0.4 is 4.72 Å². The summed E-state index contributed by atoms with van der Waals surface area (Å²) in [5, 5.41) is 19.3. The summed E-state index contributed by atoms with van der Waals surface area (Å²) in [6.45, 7) is 0. The van der Waals surface area contributed by atoms with Crippen LogP contribution in [0.25, 0.3) is 0 Å². The molecule has 1 aromatic carbocycles. The average molecular weight is 423 g/mol. The summed E-state index contributed by atoms with van der Waals surface area (Å²) < 4.78 is 27.6. The normalized spacial score (nSPS) is 14.5. The van der Waals surface area contributed by atoms with Gasteiger partial charge in [0.1, 0.15) is 0 Å². The maximum absolute atomic E-state index is 12.4. The van der Waals surface area contributed by atoms with Crippen LogP contribution in [0.4, 0.5) is 5.69 Å². The summed E-state index contributed by atoms with van der Waals surface area (Å²) in [5.41, 5.74) is 2.53. The highest BCUT2D eigenvalue weighted by Gasteiger charge is 2.19. The molecule has 1 aliphatic rings. The summed E-state index contributed by atoms with van der Waals surface area (Å²) in [6, 6.07) is 5.89. The van der Waals surface area contributed by atoms with Gasteiger partial charge in [-0.15, -0.1) is 0 Å². The van der Waals surface area contributed by atoms with E-state index in [1.807, 2.05) is 12.2 Å². The molecule has 2 N–H and O–H groups in total. The number of hydrogen-bond acceptors (Lipinski definition) is 5. The number of carbonyl (C=O) groups is 1. The number of unbranched alkanes of at least 4 members (excludes halogenated alkanes) is 1. The number of nitrogens with one attached hydrogen (secondary N) is 1. The summed E-state index contributed by atoms with van der Waals surface area (Å²) >= 11 is 0. The van der Waals surface area contributed by atoms with Gasteiger partial charge in [-0.2, -0.15) is 0 Å². The highest BCUT2D eigenvalue weighted by atomic mass is 32.2. The fourth-order valence-electron chi connectivity index (χ4n) is 3.14. The molecule has 0 saturated heterocycles. The van der Waals surface area contributed by atoms with Crippen molar-refractivity contribution in [3.05, 3.63) is 63.4 Å². The Morgan fingerprint density at radius 2 is 1.93 bits per heavy atom. The summed E-state index contributed by atoms with van der Waals surface area (Å²) in [7, 11) is -3.50. The van der Waals surface area contributed by atoms with Crippen molar-refractivity contribution in [3.8, 4) is 0 Å². The fourth-order valence-corrected chi connectivity index (χ4v) is 4.37. The second kappa shape index (κ2) is 10.8. The zero-order chi connectivity index (χ0) is 21.3. The molecule has 158 valence electrons. The minimum absolute atomic E-state index is 0.0218. The Kier molecular flexibility index (Phi) is 8.38. The van der Waals surface area contributed by atoms with Gasteiger partial charge in [0.15, 0.2) is 0 Å². The zero-order valence-corrected chi connectivity index (χ0v) is 17.0. The monoisotopic (exact) mass is 422 g/mol. The molecule has 0 saturated carbocycles. The Balaban J connectivity index is 1.86. The first kappa shape index (κ1) is 22.6. The van der Waals surface area contributed by atoms with Crippen LogP contribution in [0.1, 0.15) is 50.5 Å². The molecular formula is C20H26N2O6S. The molecular weight excluding hydrogens is 396 g/mol. The lowest BCUT2D eigenvalue weighted by Crippen LogP contribution is -2.26. The van der Waals surface area contributed by atoms with E-state index in [0.717, 1.165) is 29.7 Å². The van der Waals surface area contributed by atoms with E-state index < -0.39 is 20.9 Å². The highest BCUT2D eigenvalue weighted by Crippen LogP contribution is 2.27. The van der Waals surface area contributed by atoms with E-state index in [2.05, 4.69) is 4.72 Å². The molecule has 0 atom stereocenters. The van der Waals surface area contributed by atoms with E-state index in [-0.39, 0.29) is 24.3 Å². The van der Waals surface area contributed by atoms with Crippen LogP contribution in [0.3, 0.4) is 0 Å². The lowest BCUT2D eigenvalue weighted by molar-refractivity contribution is -0.384. The molecule has 0 fully saturated rings. The average Bonchev–Trinajstić information content (AvgIpc) is 3.09. The van der Waals surface area contributed by atoms with Crippen molar-refractivity contribution < 1.29 is 23.2 Å². The Morgan fingerprint density at radius 3 is 2.59 bits per heavy atom. The summed E-state index contributed by atoms with van der Waals surface area (Å²) in [6.07, 6.45) is 8.71. The number of rotatable bonds is 12. The van der Waals surface area contributed by atoms with Gasteiger partial charge in [0.05, 0.1) is 10.7 Å². The molecule has 1 aromatic rings. The molecule has 0 bridgehead atoms. The lowest BCUT2D eigenvalue weighted by atomic mass is 10.1. The van der Waals surface area contributed by atoms with Gasteiger partial charge in [-0.1, -0.05) is 24.3 Å². The van der Waals surface area contributed by atoms with Gasteiger partial charge in [0, 0.05) is 24.3 Å². The van der Waals surface area contributed by atoms with Crippen molar-refractivity contribution in [3.63, 3.8) is 0 Å². The number of non-ortho nitro benzene ring substituents is 1. The second-order valence-electron chi connectivity index (χ2n) is 6.99. The van der Waals surface area contributed by atoms with Gasteiger partial charge >= 0.3 is 5.97 Å². The first-order chi connectivity index (χ1) is 13.8. The zero-order valence-electron chi connectivity index (χ0n) is 16.2. The maximum Gasteiger partial charge on any atom is 0.303 e. The number of hydrogen-bond donors (Lipinski definition) is 2. The number of aryl methyl sites for hydroxylation is 1. The maximum atomic E-state index is 12.4. The largest absolute Gasteiger partial charge is 0.481 e. The molecule has 29 heavy (non-hydrogen) atoms. The molecule has 0 aromatic heterocycles. The Hall–Kier alpha value is -2.68. The third kappa shape index (κ3) is 8.06. The van der Waals surface area contributed by atoms with Crippen LogP contribution in [0.2, 0.25) is 0 Å². The first-order valence-corrected chi connectivity index (χ1v) is 11.2. The Morgan fingerprint density at radius 1 is 1.21 bits per heavy atom. The molecule has 0 aliphatic heterocycles. The predicted octanol–water partition coefficient (Wildman–Crippen LogP) is 3.70. The molecule has 0 amide bonds. The fraction of sp³-hybridized carbons (Fsp3) is 0.450. The Labute approximate surface area is 170 Å². The standard InChI is InChI=1S/C20H26N2O6S/c23-20(24)9-4-2-1-3-6-17-7-5-8-19(17)21-29(27,28)15-14-16-10-12-18(13-11-16)22(25)26/h1,3,10-13,21H,2,4-9,14-15H2,(H,23,24). The molecule has 9 heteroatoms. The molecule has 0 spiro atoms. The van der Waals surface area contributed by atoms with Crippen LogP contribution in [0.15, 0.2) is 47.7 Å². The van der Waals surface area contributed by atoms with Crippen molar-refractivity contribution in [2.75, 3.05) is 5.75 Å². The second-order valence-corrected chi connectivity index (χ2v) is 8.83. The van der Waals surface area contributed by atoms with E-state index in [0.29, 0.717) is 25.7 Å². The van der Waals surface area contributed by atoms with Crippen LogP contribution in [0.5, 0.6) is 0 Å². The van der Waals surface area contributed by atoms with E-state index >= 15 is 0 Å². The van der Waals surface area contributed by atoms with Crippen LogP contribution in [-0.4, -0.2) is 30.2 Å². The number of carboxylic acids is 1. The number of aliphatic carboxylic acids is 1. The minimum Gasteiger partial charge on any atom is -0.481 e. The van der Waals surface area contributed by atoms with Gasteiger partial charge in [0.2, 0.25) is 10.0 Å². The Bertz CT molecular complexity index is 888. The molecule has 0 heterocycles.